The molecule has 3 heterocycles. The summed E-state index contributed by atoms with van der Waals surface area (Å²) >= 11 is 1.62. The number of hydrogen-bond donors (Lipinski definition) is 1. The highest BCUT2D eigenvalue weighted by Crippen LogP contribution is 2.35. The topological polar surface area (TPSA) is 70.5 Å². The van der Waals surface area contributed by atoms with Crippen LogP contribution in [0, 0.1) is 0 Å². The lowest BCUT2D eigenvalue weighted by Crippen LogP contribution is -2.32. The van der Waals surface area contributed by atoms with Crippen molar-refractivity contribution in [1.29, 1.82) is 0 Å². The van der Waals surface area contributed by atoms with Crippen LogP contribution < -0.4 is 0 Å². The van der Waals surface area contributed by atoms with Crippen LogP contribution in [0.3, 0.4) is 0 Å². The Hall–Kier alpha value is -2.21. The highest BCUT2D eigenvalue weighted by Gasteiger charge is 2.33. The van der Waals surface area contributed by atoms with E-state index in [0.717, 1.165) is 17.7 Å². The maximum Gasteiger partial charge on any atom is 0.338 e. The van der Waals surface area contributed by atoms with Crippen LogP contribution in [-0.4, -0.2) is 33.4 Å². The van der Waals surface area contributed by atoms with E-state index in [1.807, 2.05) is 17.5 Å². The summed E-state index contributed by atoms with van der Waals surface area (Å²) in [7, 11) is 0. The number of hydrogen-bond acceptors (Lipinski definition) is 4. The molecule has 1 saturated heterocycles. The zero-order chi connectivity index (χ0) is 14.8. The molecule has 3 rings (SSSR count). The Balaban J connectivity index is 1.93. The Kier molecular flexibility index (Phi) is 3.70. The molecule has 1 fully saturated rings. The Morgan fingerprint density at radius 2 is 2.19 bits per heavy atom. The van der Waals surface area contributed by atoms with Crippen LogP contribution in [0.15, 0.2) is 35.8 Å². The van der Waals surface area contributed by atoms with E-state index >= 15 is 0 Å². The second-order valence-corrected chi connectivity index (χ2v) is 5.86. The van der Waals surface area contributed by atoms with Gasteiger partial charge in [-0.05, 0) is 36.4 Å². The molecular formula is C15H14N2O3S. The van der Waals surface area contributed by atoms with Crippen molar-refractivity contribution in [1.82, 2.24) is 9.88 Å². The first-order valence-electron chi connectivity index (χ1n) is 6.71. The van der Waals surface area contributed by atoms with Gasteiger partial charge in [-0.1, -0.05) is 6.07 Å². The Bertz CT molecular complexity index is 669. The van der Waals surface area contributed by atoms with Crippen LogP contribution in [0.5, 0.6) is 0 Å². The van der Waals surface area contributed by atoms with Crippen LogP contribution in [0.4, 0.5) is 0 Å². The summed E-state index contributed by atoms with van der Waals surface area (Å²) in [5, 5.41) is 11.2. The van der Waals surface area contributed by atoms with E-state index in [2.05, 4.69) is 4.98 Å². The monoisotopic (exact) mass is 302 g/mol. The molecule has 1 amide bonds. The van der Waals surface area contributed by atoms with Gasteiger partial charge in [0.2, 0.25) is 0 Å². The first-order chi connectivity index (χ1) is 10.2. The Morgan fingerprint density at radius 1 is 1.33 bits per heavy atom. The molecule has 108 valence electrons. The van der Waals surface area contributed by atoms with Crippen LogP contribution in [0.1, 0.15) is 44.6 Å². The fourth-order valence-corrected chi connectivity index (χ4v) is 3.54. The van der Waals surface area contributed by atoms with Gasteiger partial charge in [0.1, 0.15) is 5.69 Å². The third kappa shape index (κ3) is 2.54. The van der Waals surface area contributed by atoms with E-state index in [4.69, 9.17) is 0 Å². The highest BCUT2D eigenvalue weighted by molar-refractivity contribution is 7.10. The number of pyridine rings is 1. The van der Waals surface area contributed by atoms with Crippen molar-refractivity contribution < 1.29 is 14.7 Å². The van der Waals surface area contributed by atoms with Crippen molar-refractivity contribution in [2.24, 2.45) is 0 Å². The van der Waals surface area contributed by atoms with Crippen LogP contribution in [0.2, 0.25) is 0 Å². The van der Waals surface area contributed by atoms with Crippen molar-refractivity contribution in [3.05, 3.63) is 52.0 Å². The minimum atomic E-state index is -1.13. The number of carboxylic acids is 1. The van der Waals surface area contributed by atoms with Gasteiger partial charge in [0.25, 0.3) is 5.91 Å². The molecule has 1 aliphatic heterocycles. The highest BCUT2D eigenvalue weighted by atomic mass is 32.1. The first-order valence-corrected chi connectivity index (χ1v) is 7.59. The second-order valence-electron chi connectivity index (χ2n) is 4.88. The molecule has 1 N–H and O–H groups in total. The van der Waals surface area contributed by atoms with E-state index in [-0.39, 0.29) is 23.2 Å². The van der Waals surface area contributed by atoms with Gasteiger partial charge in [-0.3, -0.25) is 9.78 Å². The predicted octanol–water partition coefficient (Wildman–Crippen LogP) is 2.82. The number of amides is 1. The summed E-state index contributed by atoms with van der Waals surface area (Å²) < 4.78 is 0. The quantitative estimate of drug-likeness (QED) is 0.946. The molecule has 6 heteroatoms. The normalized spacial score (nSPS) is 17.9. The zero-order valence-corrected chi connectivity index (χ0v) is 12.0. The summed E-state index contributed by atoms with van der Waals surface area (Å²) in [5.74, 6) is -1.43. The molecule has 0 radical (unpaired) electrons. The minimum Gasteiger partial charge on any atom is -0.478 e. The summed E-state index contributed by atoms with van der Waals surface area (Å²) in [6.45, 7) is 0.636. The third-order valence-electron chi connectivity index (χ3n) is 3.63. The zero-order valence-electron chi connectivity index (χ0n) is 11.2. The van der Waals surface area contributed by atoms with Gasteiger partial charge in [-0.25, -0.2) is 4.79 Å². The first kappa shape index (κ1) is 13.8. The van der Waals surface area contributed by atoms with Crippen molar-refractivity contribution in [2.45, 2.75) is 18.9 Å². The SMILES string of the molecule is O=C(O)c1cccnc1C(=O)N1CCCC1c1cccs1. The number of carboxylic acid groups (broad SMARTS) is 1. The number of likely N-dealkylation sites (tertiary alicyclic amines) is 1. The third-order valence-corrected chi connectivity index (χ3v) is 4.60. The van der Waals surface area contributed by atoms with Crippen molar-refractivity contribution in [3.8, 4) is 0 Å². The average Bonchev–Trinajstić information content (AvgIpc) is 3.16. The lowest BCUT2D eigenvalue weighted by molar-refractivity contribution is 0.0666. The molecule has 0 bridgehead atoms. The number of thiophene rings is 1. The lowest BCUT2D eigenvalue weighted by Gasteiger charge is -2.24. The Morgan fingerprint density at radius 3 is 2.90 bits per heavy atom. The van der Waals surface area contributed by atoms with Gasteiger partial charge in [0.05, 0.1) is 11.6 Å². The summed E-state index contributed by atoms with van der Waals surface area (Å²) in [5.41, 5.74) is -0.0206. The van der Waals surface area contributed by atoms with Crippen molar-refractivity contribution in [3.63, 3.8) is 0 Å². The van der Waals surface area contributed by atoms with Crippen molar-refractivity contribution >= 4 is 23.2 Å². The molecule has 0 aliphatic carbocycles. The Labute approximate surface area is 125 Å². The number of carbonyl (C=O) groups excluding carboxylic acids is 1. The molecule has 1 aliphatic rings. The molecule has 0 aromatic carbocycles. The molecule has 1 unspecified atom stereocenters. The van der Waals surface area contributed by atoms with Crippen LogP contribution in [-0.2, 0) is 0 Å². The summed E-state index contributed by atoms with van der Waals surface area (Å²) in [6, 6.07) is 6.95. The van der Waals surface area contributed by atoms with Crippen molar-refractivity contribution in [2.75, 3.05) is 6.54 Å². The standard InChI is InChI=1S/C15H14N2O3S/c18-14(13-10(15(19)20)4-1-7-16-13)17-8-2-5-11(17)12-6-3-9-21-12/h1,3-4,6-7,9,11H,2,5,8H2,(H,19,20). The fourth-order valence-electron chi connectivity index (χ4n) is 2.67. The molecule has 2 aromatic rings. The molecule has 1 atom stereocenters. The maximum atomic E-state index is 12.7. The fraction of sp³-hybridized carbons (Fsp3) is 0.267. The van der Waals surface area contributed by atoms with Crippen LogP contribution in [0.25, 0.3) is 0 Å². The number of aromatic nitrogens is 1. The van der Waals surface area contributed by atoms with Gasteiger partial charge in [0.15, 0.2) is 0 Å². The van der Waals surface area contributed by atoms with Gasteiger partial charge in [-0.15, -0.1) is 11.3 Å². The van der Waals surface area contributed by atoms with Gasteiger partial charge >= 0.3 is 5.97 Å². The number of aromatic carboxylic acids is 1. The molecule has 0 spiro atoms. The van der Waals surface area contributed by atoms with E-state index < -0.39 is 5.97 Å². The lowest BCUT2D eigenvalue weighted by atomic mass is 10.1. The molecule has 2 aromatic heterocycles. The van der Waals surface area contributed by atoms with E-state index in [0.29, 0.717) is 6.54 Å². The molecule has 21 heavy (non-hydrogen) atoms. The smallest absolute Gasteiger partial charge is 0.338 e. The molecular weight excluding hydrogens is 288 g/mol. The second kappa shape index (κ2) is 5.65. The van der Waals surface area contributed by atoms with E-state index in [9.17, 15) is 14.7 Å². The summed E-state index contributed by atoms with van der Waals surface area (Å²) in [4.78, 5) is 30.8. The largest absolute Gasteiger partial charge is 0.478 e. The predicted molar refractivity (Wildman–Crippen MR) is 78.5 cm³/mol. The molecule has 0 saturated carbocycles. The minimum absolute atomic E-state index is 0.0217. The maximum absolute atomic E-state index is 12.7. The van der Waals surface area contributed by atoms with Gasteiger partial charge in [-0.2, -0.15) is 0 Å². The number of rotatable bonds is 3. The van der Waals surface area contributed by atoms with E-state index in [1.54, 1.807) is 16.2 Å². The van der Waals surface area contributed by atoms with E-state index in [1.165, 1.54) is 18.3 Å². The number of nitrogens with zero attached hydrogens (tertiary/aromatic N) is 2. The average molecular weight is 302 g/mol. The number of carbonyl (C=O) groups is 2. The van der Waals surface area contributed by atoms with Gasteiger partial charge < -0.3 is 10.0 Å². The van der Waals surface area contributed by atoms with Crippen LogP contribution >= 0.6 is 11.3 Å². The van der Waals surface area contributed by atoms with Gasteiger partial charge in [0, 0.05) is 17.6 Å². The molecule has 5 nitrogen and oxygen atoms in total. The summed E-state index contributed by atoms with van der Waals surface area (Å²) in [6.07, 6.45) is 3.28.